The minimum Gasteiger partial charge on any atom is -0.298 e. The summed E-state index contributed by atoms with van der Waals surface area (Å²) in [5, 5.41) is 0. The van der Waals surface area contributed by atoms with Gasteiger partial charge in [-0.15, -0.1) is 0 Å². The van der Waals surface area contributed by atoms with E-state index in [1.807, 2.05) is 0 Å². The summed E-state index contributed by atoms with van der Waals surface area (Å²) in [6, 6.07) is 0.140. The predicted molar refractivity (Wildman–Crippen MR) is 66.2 cm³/mol. The van der Waals surface area contributed by atoms with Crippen LogP contribution in [-0.4, -0.2) is 30.3 Å². The maximum Gasteiger partial charge on any atom is 0.146 e. The van der Waals surface area contributed by atoms with Crippen molar-refractivity contribution in [3.05, 3.63) is 24.3 Å². The first-order valence-electron chi connectivity index (χ1n) is 6.08. The monoisotopic (exact) mass is 219 g/mol. The van der Waals surface area contributed by atoms with Crippen molar-refractivity contribution in [1.82, 2.24) is 4.90 Å². The number of rotatable bonds is 2. The normalized spacial score (nSPS) is 39.2. The standard InChI is InChI=1S/C14H21NO/c1-11(16)13-9-12(10-15(13)3)14(2)7-5-4-6-8-14/h4-7,12-13H,8-10H2,1-3H3. The average molecular weight is 219 g/mol. The van der Waals surface area contributed by atoms with Crippen LogP contribution in [-0.2, 0) is 4.79 Å². The second kappa shape index (κ2) is 4.17. The van der Waals surface area contributed by atoms with E-state index in [9.17, 15) is 4.79 Å². The van der Waals surface area contributed by atoms with E-state index in [4.69, 9.17) is 0 Å². The van der Waals surface area contributed by atoms with Gasteiger partial charge in [-0.1, -0.05) is 31.2 Å². The molecule has 2 nitrogen and oxygen atoms in total. The van der Waals surface area contributed by atoms with Gasteiger partial charge in [-0.2, -0.15) is 0 Å². The zero-order valence-electron chi connectivity index (χ0n) is 10.4. The third-order valence-electron chi connectivity index (χ3n) is 4.23. The van der Waals surface area contributed by atoms with Gasteiger partial charge in [0.15, 0.2) is 0 Å². The third-order valence-corrected chi connectivity index (χ3v) is 4.23. The molecule has 0 saturated carbocycles. The first kappa shape index (κ1) is 11.6. The minimum absolute atomic E-state index is 0.140. The molecule has 3 atom stereocenters. The molecular formula is C14H21NO. The molecule has 0 aromatic carbocycles. The van der Waals surface area contributed by atoms with Gasteiger partial charge in [0.2, 0.25) is 0 Å². The van der Waals surface area contributed by atoms with Crippen LogP contribution in [0.3, 0.4) is 0 Å². The maximum absolute atomic E-state index is 11.5. The molecule has 1 aliphatic carbocycles. The summed E-state index contributed by atoms with van der Waals surface area (Å²) in [6.45, 7) is 5.06. The molecule has 3 unspecified atom stereocenters. The lowest BCUT2D eigenvalue weighted by Gasteiger charge is -2.33. The van der Waals surface area contributed by atoms with Crippen molar-refractivity contribution in [3.63, 3.8) is 0 Å². The summed E-state index contributed by atoms with van der Waals surface area (Å²) in [4.78, 5) is 13.7. The molecule has 16 heavy (non-hydrogen) atoms. The molecule has 0 bridgehead atoms. The van der Waals surface area contributed by atoms with E-state index >= 15 is 0 Å². The second-order valence-electron chi connectivity index (χ2n) is 5.50. The molecule has 0 N–H and O–H groups in total. The second-order valence-corrected chi connectivity index (χ2v) is 5.50. The number of Topliss-reactive ketones (excluding diaryl/α,β-unsaturated/α-hetero) is 1. The van der Waals surface area contributed by atoms with Crippen LogP contribution in [0.1, 0.15) is 26.7 Å². The van der Waals surface area contributed by atoms with Crippen LogP contribution >= 0.6 is 0 Å². The van der Waals surface area contributed by atoms with Gasteiger partial charge < -0.3 is 0 Å². The van der Waals surface area contributed by atoms with Gasteiger partial charge in [-0.3, -0.25) is 9.69 Å². The zero-order chi connectivity index (χ0) is 11.8. The maximum atomic E-state index is 11.5. The molecule has 0 aromatic rings. The Labute approximate surface area is 98.0 Å². The van der Waals surface area contributed by atoms with Crippen molar-refractivity contribution >= 4 is 5.78 Å². The lowest BCUT2D eigenvalue weighted by atomic mass is 9.71. The lowest BCUT2D eigenvalue weighted by Crippen LogP contribution is -2.31. The Hall–Kier alpha value is -0.890. The first-order valence-corrected chi connectivity index (χ1v) is 6.08. The molecular weight excluding hydrogens is 198 g/mol. The predicted octanol–water partition coefficient (Wildman–Crippen LogP) is 2.42. The molecule has 2 rings (SSSR count). The Morgan fingerprint density at radius 1 is 1.44 bits per heavy atom. The van der Waals surface area contributed by atoms with Crippen LogP contribution < -0.4 is 0 Å². The smallest absolute Gasteiger partial charge is 0.146 e. The number of carbonyl (C=O) groups is 1. The fourth-order valence-corrected chi connectivity index (χ4v) is 3.00. The highest BCUT2D eigenvalue weighted by atomic mass is 16.1. The molecule has 88 valence electrons. The number of hydrogen-bond acceptors (Lipinski definition) is 2. The fraction of sp³-hybridized carbons (Fsp3) is 0.643. The van der Waals surface area contributed by atoms with Crippen molar-refractivity contribution in [2.75, 3.05) is 13.6 Å². The van der Waals surface area contributed by atoms with Crippen LogP contribution in [0.4, 0.5) is 0 Å². The van der Waals surface area contributed by atoms with Crippen molar-refractivity contribution in [3.8, 4) is 0 Å². The Balaban J connectivity index is 2.10. The topological polar surface area (TPSA) is 20.3 Å². The highest BCUT2D eigenvalue weighted by Gasteiger charge is 2.41. The van der Waals surface area contributed by atoms with Gasteiger partial charge in [0.1, 0.15) is 5.78 Å². The number of nitrogens with zero attached hydrogens (tertiary/aromatic N) is 1. The summed E-state index contributed by atoms with van der Waals surface area (Å²) < 4.78 is 0. The van der Waals surface area contributed by atoms with Crippen LogP contribution in [0, 0.1) is 11.3 Å². The Morgan fingerprint density at radius 3 is 2.69 bits per heavy atom. The minimum atomic E-state index is 0.140. The molecule has 0 radical (unpaired) electrons. The molecule has 1 saturated heterocycles. The van der Waals surface area contributed by atoms with E-state index in [0.29, 0.717) is 11.7 Å². The van der Waals surface area contributed by atoms with Gasteiger partial charge in [-0.05, 0) is 38.1 Å². The first-order chi connectivity index (χ1) is 7.53. The number of ketones is 1. The summed E-state index contributed by atoms with van der Waals surface area (Å²) in [7, 11) is 2.07. The highest BCUT2D eigenvalue weighted by molar-refractivity contribution is 5.81. The number of carbonyl (C=O) groups excluding carboxylic acids is 1. The average Bonchev–Trinajstić information content (AvgIpc) is 2.62. The van der Waals surface area contributed by atoms with Crippen molar-refractivity contribution < 1.29 is 4.79 Å². The molecule has 2 heteroatoms. The zero-order valence-corrected chi connectivity index (χ0v) is 10.4. The molecule has 1 aliphatic heterocycles. The van der Waals surface area contributed by atoms with E-state index in [2.05, 4.69) is 43.2 Å². The van der Waals surface area contributed by atoms with Crippen LogP contribution in [0.15, 0.2) is 24.3 Å². The Kier molecular flexibility index (Phi) is 3.02. The van der Waals surface area contributed by atoms with E-state index in [1.165, 1.54) is 0 Å². The molecule has 0 spiro atoms. The van der Waals surface area contributed by atoms with E-state index in [-0.39, 0.29) is 11.5 Å². The summed E-state index contributed by atoms with van der Waals surface area (Å²) in [5.74, 6) is 0.913. The van der Waals surface area contributed by atoms with Gasteiger partial charge in [0.25, 0.3) is 0 Å². The largest absolute Gasteiger partial charge is 0.298 e. The van der Waals surface area contributed by atoms with Crippen molar-refractivity contribution in [2.45, 2.75) is 32.7 Å². The molecule has 0 amide bonds. The molecule has 0 aromatic heterocycles. The van der Waals surface area contributed by atoms with Crippen molar-refractivity contribution in [2.24, 2.45) is 11.3 Å². The number of hydrogen-bond donors (Lipinski definition) is 0. The number of likely N-dealkylation sites (N-methyl/N-ethyl adjacent to an activating group) is 1. The molecule has 2 aliphatic rings. The summed E-state index contributed by atoms with van der Waals surface area (Å²) >= 11 is 0. The third kappa shape index (κ3) is 1.99. The fourth-order valence-electron chi connectivity index (χ4n) is 3.00. The Bertz CT molecular complexity index is 345. The van der Waals surface area contributed by atoms with Crippen LogP contribution in [0.5, 0.6) is 0 Å². The number of likely N-dealkylation sites (tertiary alicyclic amines) is 1. The summed E-state index contributed by atoms with van der Waals surface area (Å²) in [6.07, 6.45) is 10.9. The van der Waals surface area contributed by atoms with E-state index in [1.54, 1.807) is 6.92 Å². The van der Waals surface area contributed by atoms with Gasteiger partial charge in [0.05, 0.1) is 6.04 Å². The SMILES string of the molecule is CC(=O)C1CC(C2(C)C=CC=CC2)CN1C. The van der Waals surface area contributed by atoms with Crippen LogP contribution in [0.25, 0.3) is 0 Å². The molecule has 1 fully saturated rings. The van der Waals surface area contributed by atoms with Crippen LogP contribution in [0.2, 0.25) is 0 Å². The number of allylic oxidation sites excluding steroid dienone is 4. The van der Waals surface area contributed by atoms with E-state index < -0.39 is 0 Å². The summed E-state index contributed by atoms with van der Waals surface area (Å²) in [5.41, 5.74) is 0.243. The van der Waals surface area contributed by atoms with Gasteiger partial charge in [0, 0.05) is 6.54 Å². The Morgan fingerprint density at radius 2 is 2.19 bits per heavy atom. The highest BCUT2D eigenvalue weighted by Crippen LogP contribution is 2.42. The quantitative estimate of drug-likeness (QED) is 0.711. The van der Waals surface area contributed by atoms with Crippen molar-refractivity contribution in [1.29, 1.82) is 0 Å². The van der Waals surface area contributed by atoms with E-state index in [0.717, 1.165) is 19.4 Å². The van der Waals surface area contributed by atoms with Gasteiger partial charge in [-0.25, -0.2) is 0 Å². The van der Waals surface area contributed by atoms with Gasteiger partial charge >= 0.3 is 0 Å². The molecule has 1 heterocycles. The lowest BCUT2D eigenvalue weighted by molar-refractivity contribution is -0.120.